The van der Waals surface area contributed by atoms with Crippen LogP contribution in [0.2, 0.25) is 0 Å². The average molecular weight is 348 g/mol. The van der Waals surface area contributed by atoms with Gasteiger partial charge in [0.2, 0.25) is 11.8 Å². The maximum Gasteiger partial charge on any atom is 0.237 e. The first-order chi connectivity index (χ1) is 12.0. The highest BCUT2D eigenvalue weighted by Gasteiger charge is 2.33. The van der Waals surface area contributed by atoms with Crippen LogP contribution in [-0.4, -0.2) is 78.9 Å². The van der Waals surface area contributed by atoms with E-state index < -0.39 is 6.04 Å². The summed E-state index contributed by atoms with van der Waals surface area (Å²) in [6.07, 6.45) is 0.171. The fraction of sp³-hybridized carbons (Fsp3) is 0.556. The van der Waals surface area contributed by atoms with Gasteiger partial charge in [0.05, 0.1) is 12.5 Å². The van der Waals surface area contributed by atoms with Crippen LogP contribution >= 0.6 is 0 Å². The van der Waals surface area contributed by atoms with E-state index in [-0.39, 0.29) is 24.1 Å². The van der Waals surface area contributed by atoms with Gasteiger partial charge in [-0.2, -0.15) is 0 Å². The highest BCUT2D eigenvalue weighted by Crippen LogP contribution is 2.16. The molecule has 1 atom stereocenters. The zero-order chi connectivity index (χ0) is 17.8. The fourth-order valence-corrected chi connectivity index (χ4v) is 3.39. The van der Waals surface area contributed by atoms with Crippen molar-refractivity contribution in [1.82, 2.24) is 20.0 Å². The normalized spacial score (nSPS) is 22.7. The van der Waals surface area contributed by atoms with Crippen molar-refractivity contribution in [3.8, 4) is 0 Å². The SMILES string of the molecule is CN1CCN(C(=O)C[C@H]2C(=O)NCCN2Cc2cccc(F)c2)CC1. The third-order valence-corrected chi connectivity index (χ3v) is 4.94. The first kappa shape index (κ1) is 17.8. The van der Waals surface area contributed by atoms with E-state index in [0.717, 1.165) is 18.7 Å². The molecule has 0 radical (unpaired) electrons. The lowest BCUT2D eigenvalue weighted by Gasteiger charge is -2.37. The molecular formula is C18H25FN4O2. The Labute approximate surface area is 147 Å². The second-order valence-electron chi connectivity index (χ2n) is 6.80. The Balaban J connectivity index is 1.65. The summed E-state index contributed by atoms with van der Waals surface area (Å²) in [7, 11) is 2.04. The molecule has 1 aromatic rings. The summed E-state index contributed by atoms with van der Waals surface area (Å²) in [6, 6.07) is 5.89. The standard InChI is InChI=1S/C18H25FN4O2/c1-21-7-9-22(10-8-21)17(24)12-16-18(25)20-5-6-23(16)13-14-3-2-4-15(19)11-14/h2-4,11,16H,5-10,12-13H2,1H3,(H,20,25)/t16-/m0/s1. The Morgan fingerprint density at radius 2 is 2.00 bits per heavy atom. The molecule has 7 heteroatoms. The zero-order valence-corrected chi connectivity index (χ0v) is 14.6. The van der Waals surface area contributed by atoms with Crippen molar-refractivity contribution in [2.75, 3.05) is 46.3 Å². The smallest absolute Gasteiger partial charge is 0.237 e. The predicted molar refractivity (Wildman–Crippen MR) is 92.3 cm³/mol. The van der Waals surface area contributed by atoms with Gasteiger partial charge in [-0.05, 0) is 24.7 Å². The third kappa shape index (κ3) is 4.55. The quantitative estimate of drug-likeness (QED) is 0.850. The number of amides is 2. The minimum Gasteiger partial charge on any atom is -0.353 e. The highest BCUT2D eigenvalue weighted by atomic mass is 19.1. The number of piperazine rings is 2. The van der Waals surface area contributed by atoms with Crippen LogP contribution < -0.4 is 5.32 Å². The summed E-state index contributed by atoms with van der Waals surface area (Å²) in [5, 5.41) is 2.84. The molecule has 0 unspecified atom stereocenters. The van der Waals surface area contributed by atoms with E-state index in [0.29, 0.717) is 32.7 Å². The number of carbonyl (C=O) groups excluding carboxylic acids is 2. The van der Waals surface area contributed by atoms with Crippen molar-refractivity contribution in [3.05, 3.63) is 35.6 Å². The molecule has 2 fully saturated rings. The van der Waals surface area contributed by atoms with E-state index >= 15 is 0 Å². The Kier molecular flexibility index (Phi) is 5.65. The molecule has 2 amide bonds. The number of nitrogens with one attached hydrogen (secondary N) is 1. The van der Waals surface area contributed by atoms with Gasteiger partial charge in [0, 0.05) is 45.8 Å². The van der Waals surface area contributed by atoms with Crippen LogP contribution in [0.25, 0.3) is 0 Å². The Bertz CT molecular complexity index is 631. The molecule has 25 heavy (non-hydrogen) atoms. The van der Waals surface area contributed by atoms with Crippen LogP contribution in [-0.2, 0) is 16.1 Å². The number of rotatable bonds is 4. The number of likely N-dealkylation sites (N-methyl/N-ethyl adjacent to an activating group) is 1. The topological polar surface area (TPSA) is 55.9 Å². The molecule has 3 rings (SSSR count). The molecule has 0 spiro atoms. The molecule has 2 saturated heterocycles. The molecule has 2 heterocycles. The second-order valence-corrected chi connectivity index (χ2v) is 6.80. The largest absolute Gasteiger partial charge is 0.353 e. The van der Waals surface area contributed by atoms with Gasteiger partial charge in [0.15, 0.2) is 0 Å². The van der Waals surface area contributed by atoms with Crippen LogP contribution in [0.15, 0.2) is 24.3 Å². The van der Waals surface area contributed by atoms with Crippen LogP contribution in [0.5, 0.6) is 0 Å². The molecule has 136 valence electrons. The molecule has 6 nitrogen and oxygen atoms in total. The Morgan fingerprint density at radius 1 is 1.24 bits per heavy atom. The number of hydrogen-bond acceptors (Lipinski definition) is 4. The van der Waals surface area contributed by atoms with Crippen molar-refractivity contribution in [2.45, 2.75) is 19.0 Å². The van der Waals surface area contributed by atoms with Crippen molar-refractivity contribution < 1.29 is 14.0 Å². The van der Waals surface area contributed by atoms with Gasteiger partial charge in [-0.3, -0.25) is 14.5 Å². The monoisotopic (exact) mass is 348 g/mol. The number of benzene rings is 1. The third-order valence-electron chi connectivity index (χ3n) is 4.94. The Hall–Kier alpha value is -1.99. The second kappa shape index (κ2) is 7.93. The minimum absolute atomic E-state index is 0.0133. The average Bonchev–Trinajstić information content (AvgIpc) is 2.58. The number of halogens is 1. The first-order valence-electron chi connectivity index (χ1n) is 8.75. The summed E-state index contributed by atoms with van der Waals surface area (Å²) in [4.78, 5) is 30.9. The molecule has 0 aliphatic carbocycles. The van der Waals surface area contributed by atoms with Gasteiger partial charge in [0.25, 0.3) is 0 Å². The van der Waals surface area contributed by atoms with E-state index in [1.807, 2.05) is 22.9 Å². The lowest BCUT2D eigenvalue weighted by atomic mass is 10.1. The van der Waals surface area contributed by atoms with Crippen molar-refractivity contribution in [1.29, 1.82) is 0 Å². The molecule has 0 aromatic heterocycles. The van der Waals surface area contributed by atoms with Crippen molar-refractivity contribution >= 4 is 11.8 Å². The molecule has 2 aliphatic rings. The summed E-state index contributed by atoms with van der Waals surface area (Å²) in [5.41, 5.74) is 0.812. The Morgan fingerprint density at radius 3 is 2.72 bits per heavy atom. The van der Waals surface area contributed by atoms with Crippen LogP contribution in [0.4, 0.5) is 4.39 Å². The van der Waals surface area contributed by atoms with Gasteiger partial charge in [-0.25, -0.2) is 4.39 Å². The van der Waals surface area contributed by atoms with Crippen molar-refractivity contribution in [2.24, 2.45) is 0 Å². The number of nitrogens with zero attached hydrogens (tertiary/aromatic N) is 3. The lowest BCUT2D eigenvalue weighted by Crippen LogP contribution is -2.57. The summed E-state index contributed by atoms with van der Waals surface area (Å²) >= 11 is 0. The minimum atomic E-state index is -0.496. The number of hydrogen-bond donors (Lipinski definition) is 1. The van der Waals surface area contributed by atoms with E-state index in [4.69, 9.17) is 0 Å². The maximum atomic E-state index is 13.4. The zero-order valence-electron chi connectivity index (χ0n) is 14.6. The predicted octanol–water partition coefficient (Wildman–Crippen LogP) is 0.290. The summed E-state index contributed by atoms with van der Waals surface area (Å²) < 4.78 is 13.4. The van der Waals surface area contributed by atoms with Crippen LogP contribution in [0.1, 0.15) is 12.0 Å². The van der Waals surface area contributed by atoms with Crippen LogP contribution in [0, 0.1) is 5.82 Å². The number of carbonyl (C=O) groups is 2. The van der Waals surface area contributed by atoms with E-state index in [9.17, 15) is 14.0 Å². The van der Waals surface area contributed by atoms with E-state index in [1.165, 1.54) is 12.1 Å². The van der Waals surface area contributed by atoms with Gasteiger partial charge in [-0.1, -0.05) is 12.1 Å². The van der Waals surface area contributed by atoms with E-state index in [1.54, 1.807) is 6.07 Å². The molecular weight excluding hydrogens is 323 g/mol. The van der Waals surface area contributed by atoms with Gasteiger partial charge < -0.3 is 15.1 Å². The fourth-order valence-electron chi connectivity index (χ4n) is 3.39. The van der Waals surface area contributed by atoms with Gasteiger partial charge in [-0.15, -0.1) is 0 Å². The summed E-state index contributed by atoms with van der Waals surface area (Å²) in [5.74, 6) is -0.395. The van der Waals surface area contributed by atoms with Crippen molar-refractivity contribution in [3.63, 3.8) is 0 Å². The first-order valence-corrected chi connectivity index (χ1v) is 8.75. The molecule has 2 aliphatic heterocycles. The maximum absolute atomic E-state index is 13.4. The van der Waals surface area contributed by atoms with Gasteiger partial charge in [0.1, 0.15) is 5.82 Å². The van der Waals surface area contributed by atoms with E-state index in [2.05, 4.69) is 10.2 Å². The van der Waals surface area contributed by atoms with Gasteiger partial charge >= 0.3 is 0 Å². The molecule has 0 saturated carbocycles. The molecule has 1 N–H and O–H groups in total. The van der Waals surface area contributed by atoms with Crippen LogP contribution in [0.3, 0.4) is 0 Å². The molecule has 1 aromatic carbocycles. The lowest BCUT2D eigenvalue weighted by molar-refractivity contribution is -0.140. The molecule has 0 bridgehead atoms. The summed E-state index contributed by atoms with van der Waals surface area (Å²) in [6.45, 7) is 4.79. The highest BCUT2D eigenvalue weighted by molar-refractivity contribution is 5.88.